The third kappa shape index (κ3) is 3.81. The summed E-state index contributed by atoms with van der Waals surface area (Å²) in [6.07, 6.45) is 1.45. The Hall–Kier alpha value is -4.25. The minimum Gasteiger partial charge on any atom is -0.486 e. The van der Waals surface area contributed by atoms with E-state index in [1.807, 2.05) is 24.3 Å². The van der Waals surface area contributed by atoms with Crippen LogP contribution in [0.1, 0.15) is 11.3 Å². The summed E-state index contributed by atoms with van der Waals surface area (Å²) in [4.78, 5) is 25.8. The van der Waals surface area contributed by atoms with E-state index in [0.29, 0.717) is 41.7 Å². The topological polar surface area (TPSA) is 98.3 Å². The molecule has 4 rings (SSSR count). The molecule has 156 valence electrons. The number of nitriles is 1. The average Bonchev–Trinajstić information content (AvgIpc) is 3.00. The van der Waals surface area contributed by atoms with E-state index in [2.05, 4.69) is 5.32 Å². The SMILES string of the molecule is Cc1c(NC(=O)/C(C#N)=C\c2ccc3c(c2)OCCO3)c(=O)n(-c2ccccc2)n1C. The Morgan fingerprint density at radius 1 is 1.13 bits per heavy atom. The van der Waals surface area contributed by atoms with Crippen molar-refractivity contribution in [3.8, 4) is 23.3 Å². The molecule has 1 N–H and O–H groups in total. The lowest BCUT2D eigenvalue weighted by atomic mass is 10.1. The Balaban J connectivity index is 1.64. The number of aromatic nitrogens is 2. The minimum absolute atomic E-state index is 0.125. The van der Waals surface area contributed by atoms with Crippen molar-refractivity contribution >= 4 is 17.7 Å². The first-order valence-corrected chi connectivity index (χ1v) is 9.66. The number of para-hydroxylation sites is 1. The lowest BCUT2D eigenvalue weighted by molar-refractivity contribution is -0.112. The van der Waals surface area contributed by atoms with Gasteiger partial charge >= 0.3 is 0 Å². The summed E-state index contributed by atoms with van der Waals surface area (Å²) in [7, 11) is 1.73. The Morgan fingerprint density at radius 3 is 2.55 bits per heavy atom. The van der Waals surface area contributed by atoms with E-state index in [0.717, 1.165) is 0 Å². The van der Waals surface area contributed by atoms with Crippen molar-refractivity contribution in [2.75, 3.05) is 18.5 Å². The Kier molecular flexibility index (Phi) is 5.33. The number of fused-ring (bicyclic) bond motifs is 1. The molecular formula is C23H20N4O4. The molecule has 0 fully saturated rings. The second-order valence-corrected chi connectivity index (χ2v) is 6.96. The van der Waals surface area contributed by atoms with E-state index >= 15 is 0 Å². The minimum atomic E-state index is -0.664. The van der Waals surface area contributed by atoms with Crippen molar-refractivity contribution in [1.82, 2.24) is 9.36 Å². The maximum Gasteiger partial charge on any atom is 0.295 e. The van der Waals surface area contributed by atoms with Gasteiger partial charge in [-0.1, -0.05) is 24.3 Å². The quantitative estimate of drug-likeness (QED) is 0.521. The molecule has 2 aromatic carbocycles. The summed E-state index contributed by atoms with van der Waals surface area (Å²) in [6, 6.07) is 16.2. The van der Waals surface area contributed by atoms with Crippen LogP contribution in [0, 0.1) is 18.3 Å². The summed E-state index contributed by atoms with van der Waals surface area (Å²) in [5.41, 5.74) is 1.47. The van der Waals surface area contributed by atoms with Crippen LogP contribution in [-0.4, -0.2) is 28.5 Å². The van der Waals surface area contributed by atoms with Crippen LogP contribution in [0.2, 0.25) is 0 Å². The first-order valence-electron chi connectivity index (χ1n) is 9.66. The number of benzene rings is 2. The zero-order valence-electron chi connectivity index (χ0n) is 17.1. The molecule has 31 heavy (non-hydrogen) atoms. The van der Waals surface area contributed by atoms with Gasteiger partial charge in [0.25, 0.3) is 11.5 Å². The molecule has 8 heteroatoms. The van der Waals surface area contributed by atoms with Gasteiger partial charge in [-0.05, 0) is 42.8 Å². The van der Waals surface area contributed by atoms with Gasteiger partial charge in [-0.25, -0.2) is 4.68 Å². The molecule has 0 atom stereocenters. The van der Waals surface area contributed by atoms with Crippen LogP contribution in [-0.2, 0) is 11.8 Å². The third-order valence-corrected chi connectivity index (χ3v) is 5.04. The normalized spacial score (nSPS) is 12.9. The van der Waals surface area contributed by atoms with E-state index < -0.39 is 5.91 Å². The monoisotopic (exact) mass is 416 g/mol. The number of carbonyl (C=O) groups excluding carboxylic acids is 1. The first kappa shape index (κ1) is 20.0. The smallest absolute Gasteiger partial charge is 0.295 e. The fourth-order valence-corrected chi connectivity index (χ4v) is 3.36. The molecule has 0 saturated carbocycles. The van der Waals surface area contributed by atoms with E-state index in [4.69, 9.17) is 9.47 Å². The lowest BCUT2D eigenvalue weighted by Gasteiger charge is -2.18. The molecule has 8 nitrogen and oxygen atoms in total. The van der Waals surface area contributed by atoms with E-state index in [1.54, 1.807) is 49.0 Å². The number of nitrogens with one attached hydrogen (secondary N) is 1. The van der Waals surface area contributed by atoms with Gasteiger partial charge in [0.15, 0.2) is 11.5 Å². The van der Waals surface area contributed by atoms with Gasteiger partial charge in [0, 0.05) is 7.05 Å². The third-order valence-electron chi connectivity index (χ3n) is 5.04. The number of anilines is 1. The molecule has 0 saturated heterocycles. The van der Waals surface area contributed by atoms with Crippen molar-refractivity contribution in [1.29, 1.82) is 5.26 Å². The fraction of sp³-hybridized carbons (Fsp3) is 0.174. The Bertz CT molecular complexity index is 1280. The van der Waals surface area contributed by atoms with Crippen LogP contribution in [0.15, 0.2) is 58.9 Å². The average molecular weight is 416 g/mol. The van der Waals surface area contributed by atoms with Crippen molar-refractivity contribution in [3.63, 3.8) is 0 Å². The summed E-state index contributed by atoms with van der Waals surface area (Å²) < 4.78 is 14.1. The van der Waals surface area contributed by atoms with Crippen LogP contribution < -0.4 is 20.3 Å². The van der Waals surface area contributed by atoms with Crippen molar-refractivity contribution < 1.29 is 14.3 Å². The number of amides is 1. The predicted octanol–water partition coefficient (Wildman–Crippen LogP) is 2.80. The standard InChI is InChI=1S/C23H20N4O4/c1-15-21(23(29)27(26(15)2)18-6-4-3-5-7-18)25-22(28)17(14-24)12-16-8-9-19-20(13-16)31-11-10-30-19/h3-9,12-13H,10-11H2,1-2H3,(H,25,28)/b17-12-. The number of hydrogen-bond donors (Lipinski definition) is 1. The lowest BCUT2D eigenvalue weighted by Crippen LogP contribution is -2.23. The van der Waals surface area contributed by atoms with Crippen LogP contribution in [0.3, 0.4) is 0 Å². The van der Waals surface area contributed by atoms with Crippen molar-refractivity contribution in [2.24, 2.45) is 7.05 Å². The van der Waals surface area contributed by atoms with Crippen LogP contribution in [0.5, 0.6) is 11.5 Å². The largest absolute Gasteiger partial charge is 0.486 e. The van der Waals surface area contributed by atoms with Crippen LogP contribution in [0.25, 0.3) is 11.8 Å². The van der Waals surface area contributed by atoms with Gasteiger partial charge < -0.3 is 14.8 Å². The van der Waals surface area contributed by atoms with E-state index in [-0.39, 0.29) is 16.8 Å². The fourth-order valence-electron chi connectivity index (χ4n) is 3.36. The van der Waals surface area contributed by atoms with Gasteiger partial charge in [0.1, 0.15) is 30.5 Å². The molecule has 1 aliphatic heterocycles. The second-order valence-electron chi connectivity index (χ2n) is 6.96. The van der Waals surface area contributed by atoms with Gasteiger partial charge in [-0.3, -0.25) is 14.3 Å². The highest BCUT2D eigenvalue weighted by Gasteiger charge is 2.20. The number of hydrogen-bond acceptors (Lipinski definition) is 5. The van der Waals surface area contributed by atoms with Gasteiger partial charge in [-0.2, -0.15) is 5.26 Å². The highest BCUT2D eigenvalue weighted by molar-refractivity contribution is 6.09. The van der Waals surface area contributed by atoms with Gasteiger partial charge in [0.2, 0.25) is 0 Å². The molecule has 0 spiro atoms. The van der Waals surface area contributed by atoms with Crippen molar-refractivity contribution in [3.05, 3.63) is 75.7 Å². The molecule has 0 radical (unpaired) electrons. The predicted molar refractivity (Wildman–Crippen MR) is 115 cm³/mol. The number of nitrogens with zero attached hydrogens (tertiary/aromatic N) is 3. The highest BCUT2D eigenvalue weighted by atomic mass is 16.6. The maximum absolute atomic E-state index is 13.0. The summed E-state index contributed by atoms with van der Waals surface area (Å²) in [5, 5.41) is 12.1. The second kappa shape index (κ2) is 8.24. The van der Waals surface area contributed by atoms with Crippen LogP contribution in [0.4, 0.5) is 5.69 Å². The number of rotatable bonds is 4. The van der Waals surface area contributed by atoms with E-state index in [9.17, 15) is 14.9 Å². The summed E-state index contributed by atoms with van der Waals surface area (Å²) in [6.45, 7) is 2.64. The summed E-state index contributed by atoms with van der Waals surface area (Å²) >= 11 is 0. The molecule has 1 amide bonds. The first-order chi connectivity index (χ1) is 15.0. The Labute approximate surface area is 178 Å². The molecule has 3 aromatic rings. The van der Waals surface area contributed by atoms with Gasteiger partial charge in [0.05, 0.1) is 11.4 Å². The molecule has 0 bridgehead atoms. The molecule has 2 heterocycles. The molecular weight excluding hydrogens is 396 g/mol. The van der Waals surface area contributed by atoms with Gasteiger partial charge in [-0.15, -0.1) is 0 Å². The highest BCUT2D eigenvalue weighted by Crippen LogP contribution is 2.31. The zero-order valence-corrected chi connectivity index (χ0v) is 17.1. The molecule has 1 aromatic heterocycles. The molecule has 0 unspecified atom stereocenters. The van der Waals surface area contributed by atoms with E-state index in [1.165, 1.54) is 10.8 Å². The number of ether oxygens (including phenoxy) is 2. The molecule has 0 aliphatic carbocycles. The zero-order chi connectivity index (χ0) is 22.0. The maximum atomic E-state index is 13.0. The Morgan fingerprint density at radius 2 is 1.84 bits per heavy atom. The molecule has 1 aliphatic rings. The number of carbonyl (C=O) groups is 1. The van der Waals surface area contributed by atoms with Crippen molar-refractivity contribution in [2.45, 2.75) is 6.92 Å². The van der Waals surface area contributed by atoms with Crippen LogP contribution >= 0.6 is 0 Å². The summed E-state index contributed by atoms with van der Waals surface area (Å²) in [5.74, 6) is 0.512.